The van der Waals surface area contributed by atoms with E-state index < -0.39 is 0 Å². The Bertz CT molecular complexity index is 1210. The van der Waals surface area contributed by atoms with E-state index in [1.54, 1.807) is 0 Å². The fourth-order valence-electron chi connectivity index (χ4n) is 4.07. The van der Waals surface area contributed by atoms with E-state index in [2.05, 4.69) is 15.5 Å². The van der Waals surface area contributed by atoms with Crippen LogP contribution in [0.25, 0.3) is 22.7 Å². The Hall–Kier alpha value is -3.87. The van der Waals surface area contributed by atoms with Gasteiger partial charge in [0.1, 0.15) is 5.76 Å². The normalized spacial score (nSPS) is 16.2. The van der Waals surface area contributed by atoms with E-state index in [4.69, 9.17) is 8.94 Å². The van der Waals surface area contributed by atoms with Gasteiger partial charge >= 0.3 is 6.03 Å². The zero-order chi connectivity index (χ0) is 21.9. The molecule has 1 aliphatic rings. The molecule has 0 radical (unpaired) electrons. The average Bonchev–Trinajstić information content (AvgIpc) is 3.49. The molecular formula is C25H24N4O3. The van der Waals surface area contributed by atoms with Gasteiger partial charge in [0.2, 0.25) is 11.7 Å². The Labute approximate surface area is 186 Å². The van der Waals surface area contributed by atoms with Crippen LogP contribution >= 0.6 is 0 Å². The number of hydrogen-bond acceptors (Lipinski definition) is 5. The molecular weight excluding hydrogens is 404 g/mol. The molecule has 3 heterocycles. The highest BCUT2D eigenvalue weighted by molar-refractivity contribution is 5.94. The number of carbonyl (C=O) groups excluding carboxylic acids is 1. The quantitative estimate of drug-likeness (QED) is 0.450. The minimum absolute atomic E-state index is 0.00354. The van der Waals surface area contributed by atoms with Crippen molar-refractivity contribution < 1.29 is 13.7 Å². The van der Waals surface area contributed by atoms with E-state index in [0.29, 0.717) is 30.6 Å². The SMILES string of the molecule is Cc1ccc(-c2noc([C@@H]3CCCN(C(=O)Nc4ccccc4-c4ccccc4)C3)n2)o1. The lowest BCUT2D eigenvalue weighted by Crippen LogP contribution is -2.41. The minimum Gasteiger partial charge on any atom is -0.458 e. The fraction of sp³-hybridized carbons (Fsp3) is 0.240. The van der Waals surface area contributed by atoms with Crippen molar-refractivity contribution in [1.29, 1.82) is 0 Å². The van der Waals surface area contributed by atoms with Crippen LogP contribution in [0.2, 0.25) is 0 Å². The van der Waals surface area contributed by atoms with Gasteiger partial charge in [0, 0.05) is 18.7 Å². The van der Waals surface area contributed by atoms with Gasteiger partial charge in [-0.1, -0.05) is 53.7 Å². The number of piperidine rings is 1. The number of hydrogen-bond donors (Lipinski definition) is 1. The molecule has 0 spiro atoms. The Kier molecular flexibility index (Phi) is 5.46. The molecule has 32 heavy (non-hydrogen) atoms. The van der Waals surface area contributed by atoms with Crippen LogP contribution in [0, 0.1) is 6.92 Å². The van der Waals surface area contributed by atoms with Crippen LogP contribution in [0.15, 0.2) is 75.7 Å². The molecule has 2 amide bonds. The van der Waals surface area contributed by atoms with Crippen LogP contribution in [-0.4, -0.2) is 34.2 Å². The maximum Gasteiger partial charge on any atom is 0.321 e. The molecule has 2 aromatic heterocycles. The third-order valence-corrected chi connectivity index (χ3v) is 5.71. The van der Waals surface area contributed by atoms with Crippen LogP contribution in [0.1, 0.15) is 30.4 Å². The molecule has 1 atom stereocenters. The van der Waals surface area contributed by atoms with E-state index >= 15 is 0 Å². The molecule has 2 aromatic carbocycles. The second-order valence-corrected chi connectivity index (χ2v) is 7.99. The van der Waals surface area contributed by atoms with Crippen molar-refractivity contribution in [3.63, 3.8) is 0 Å². The first-order valence-corrected chi connectivity index (χ1v) is 10.8. The first-order chi connectivity index (χ1) is 15.7. The van der Waals surface area contributed by atoms with Crippen molar-refractivity contribution in [3.8, 4) is 22.7 Å². The van der Waals surface area contributed by atoms with Crippen molar-refractivity contribution >= 4 is 11.7 Å². The number of nitrogens with zero attached hydrogens (tertiary/aromatic N) is 3. The summed E-state index contributed by atoms with van der Waals surface area (Å²) in [7, 11) is 0. The second-order valence-electron chi connectivity index (χ2n) is 7.99. The first kappa shape index (κ1) is 20.1. The number of aryl methyl sites for hydroxylation is 1. The van der Waals surface area contributed by atoms with Crippen LogP contribution < -0.4 is 5.32 Å². The Morgan fingerprint density at radius 2 is 1.88 bits per heavy atom. The van der Waals surface area contributed by atoms with Crippen LogP contribution in [-0.2, 0) is 0 Å². The summed E-state index contributed by atoms with van der Waals surface area (Å²) < 4.78 is 11.1. The van der Waals surface area contributed by atoms with Gasteiger partial charge in [-0.15, -0.1) is 0 Å². The van der Waals surface area contributed by atoms with Crippen LogP contribution in [0.3, 0.4) is 0 Å². The van der Waals surface area contributed by atoms with Crippen molar-refractivity contribution in [2.75, 3.05) is 18.4 Å². The molecule has 4 aromatic rings. The summed E-state index contributed by atoms with van der Waals surface area (Å²) in [5.41, 5.74) is 2.84. The molecule has 1 aliphatic heterocycles. The molecule has 1 fully saturated rings. The van der Waals surface area contributed by atoms with Gasteiger partial charge in [0.05, 0.1) is 11.6 Å². The summed E-state index contributed by atoms with van der Waals surface area (Å²) in [4.78, 5) is 19.4. The van der Waals surface area contributed by atoms with E-state index in [-0.39, 0.29) is 11.9 Å². The molecule has 1 N–H and O–H groups in total. The summed E-state index contributed by atoms with van der Waals surface area (Å²) in [6, 6.07) is 21.5. The number of amides is 2. The largest absolute Gasteiger partial charge is 0.458 e. The number of aromatic nitrogens is 2. The third-order valence-electron chi connectivity index (χ3n) is 5.71. The van der Waals surface area contributed by atoms with E-state index in [9.17, 15) is 4.79 Å². The van der Waals surface area contributed by atoms with Crippen molar-refractivity contribution in [2.45, 2.75) is 25.7 Å². The van der Waals surface area contributed by atoms with Gasteiger partial charge in [-0.05, 0) is 43.5 Å². The number of carbonyl (C=O) groups is 1. The number of likely N-dealkylation sites (tertiary alicyclic amines) is 1. The minimum atomic E-state index is -0.125. The highest BCUT2D eigenvalue weighted by Gasteiger charge is 2.29. The van der Waals surface area contributed by atoms with E-state index in [1.807, 2.05) is 78.6 Å². The zero-order valence-electron chi connectivity index (χ0n) is 17.8. The van der Waals surface area contributed by atoms with E-state index in [0.717, 1.165) is 35.4 Å². The molecule has 7 nitrogen and oxygen atoms in total. The maximum absolute atomic E-state index is 13.1. The number of anilines is 1. The summed E-state index contributed by atoms with van der Waals surface area (Å²) in [6.45, 7) is 3.09. The average molecular weight is 428 g/mol. The Balaban J connectivity index is 1.30. The summed E-state index contributed by atoms with van der Waals surface area (Å²) in [6.07, 6.45) is 1.76. The van der Waals surface area contributed by atoms with Gasteiger partial charge < -0.3 is 19.2 Å². The summed E-state index contributed by atoms with van der Waals surface area (Å²) >= 11 is 0. The number of urea groups is 1. The van der Waals surface area contributed by atoms with Crippen molar-refractivity contribution in [3.05, 3.63) is 78.4 Å². The third kappa shape index (κ3) is 4.14. The summed E-state index contributed by atoms with van der Waals surface area (Å²) in [5.74, 6) is 2.35. The van der Waals surface area contributed by atoms with Gasteiger partial charge in [-0.2, -0.15) is 4.98 Å². The molecule has 1 saturated heterocycles. The number of benzene rings is 2. The zero-order valence-corrected chi connectivity index (χ0v) is 17.8. The lowest BCUT2D eigenvalue weighted by Gasteiger charge is -2.31. The predicted octanol–water partition coefficient (Wildman–Crippen LogP) is 5.72. The molecule has 0 aliphatic carbocycles. The van der Waals surface area contributed by atoms with Gasteiger partial charge in [-0.25, -0.2) is 4.79 Å². The predicted molar refractivity (Wildman–Crippen MR) is 121 cm³/mol. The number of rotatable bonds is 4. The smallest absolute Gasteiger partial charge is 0.321 e. The topological polar surface area (TPSA) is 84.4 Å². The number of furan rings is 1. The van der Waals surface area contributed by atoms with Gasteiger partial charge in [0.25, 0.3) is 0 Å². The van der Waals surface area contributed by atoms with Crippen molar-refractivity contribution in [2.24, 2.45) is 0 Å². The number of nitrogens with one attached hydrogen (secondary N) is 1. The molecule has 5 rings (SSSR count). The Morgan fingerprint density at radius 3 is 2.69 bits per heavy atom. The highest BCUT2D eigenvalue weighted by Crippen LogP contribution is 2.30. The van der Waals surface area contributed by atoms with Gasteiger partial charge in [-0.3, -0.25) is 0 Å². The lowest BCUT2D eigenvalue weighted by atomic mass is 9.98. The van der Waals surface area contributed by atoms with Crippen LogP contribution in [0.4, 0.5) is 10.5 Å². The standard InChI is InChI=1S/C25H24N4O3/c1-17-13-14-22(31-17)23-27-24(32-28-23)19-10-7-15-29(16-19)25(30)26-21-12-6-5-11-20(21)18-8-3-2-4-9-18/h2-6,8-9,11-14,19H,7,10,15-16H2,1H3,(H,26,30)/t19-/m1/s1. The highest BCUT2D eigenvalue weighted by atomic mass is 16.5. The van der Waals surface area contributed by atoms with Gasteiger partial charge in [0.15, 0.2) is 5.76 Å². The van der Waals surface area contributed by atoms with E-state index in [1.165, 1.54) is 0 Å². The molecule has 162 valence electrons. The summed E-state index contributed by atoms with van der Waals surface area (Å²) in [5, 5.41) is 7.15. The fourth-order valence-corrected chi connectivity index (χ4v) is 4.07. The number of para-hydroxylation sites is 1. The second kappa shape index (κ2) is 8.70. The maximum atomic E-state index is 13.1. The van der Waals surface area contributed by atoms with Crippen molar-refractivity contribution in [1.82, 2.24) is 15.0 Å². The first-order valence-electron chi connectivity index (χ1n) is 10.8. The molecule has 7 heteroatoms. The molecule has 0 bridgehead atoms. The Morgan fingerprint density at radius 1 is 1.06 bits per heavy atom. The molecule has 0 saturated carbocycles. The van der Waals surface area contributed by atoms with Crippen LogP contribution in [0.5, 0.6) is 0 Å². The molecule has 0 unspecified atom stereocenters. The lowest BCUT2D eigenvalue weighted by molar-refractivity contribution is 0.184. The monoisotopic (exact) mass is 428 g/mol.